The average molecular weight is 291 g/mol. The zero-order valence-electron chi connectivity index (χ0n) is 14.7. The van der Waals surface area contributed by atoms with E-state index in [1.165, 1.54) is 11.1 Å². The Bertz CT molecular complexity index is 393. The zero-order valence-corrected chi connectivity index (χ0v) is 14.7. The van der Waals surface area contributed by atoms with Gasteiger partial charge in [-0.2, -0.15) is 0 Å². The summed E-state index contributed by atoms with van der Waals surface area (Å²) in [6.07, 6.45) is 2.03. The van der Waals surface area contributed by atoms with Crippen molar-refractivity contribution in [2.45, 2.75) is 71.9 Å². The van der Waals surface area contributed by atoms with Crippen LogP contribution >= 0.6 is 0 Å². The molecule has 1 unspecified atom stereocenters. The first-order chi connectivity index (χ1) is 10.0. The minimum absolute atomic E-state index is 0.121. The van der Waals surface area contributed by atoms with E-state index in [-0.39, 0.29) is 11.6 Å². The summed E-state index contributed by atoms with van der Waals surface area (Å²) in [5, 5.41) is 3.65. The molecule has 21 heavy (non-hydrogen) atoms. The van der Waals surface area contributed by atoms with Crippen molar-refractivity contribution in [3.8, 4) is 0 Å². The number of benzene rings is 1. The second-order valence-electron chi connectivity index (χ2n) is 6.02. The number of hydrogen-bond acceptors (Lipinski definition) is 2. The maximum absolute atomic E-state index is 6.21. The molecule has 0 radical (unpaired) electrons. The molecular formula is C19H33NO. The van der Waals surface area contributed by atoms with Gasteiger partial charge in [0.2, 0.25) is 0 Å². The van der Waals surface area contributed by atoms with E-state index in [0.717, 1.165) is 26.0 Å². The van der Waals surface area contributed by atoms with Crippen LogP contribution in [0.2, 0.25) is 0 Å². The first-order valence-electron chi connectivity index (χ1n) is 8.51. The van der Waals surface area contributed by atoms with Crippen molar-refractivity contribution >= 4 is 0 Å². The lowest BCUT2D eigenvalue weighted by atomic mass is 9.83. The summed E-state index contributed by atoms with van der Waals surface area (Å²) in [6.45, 7) is 14.9. The summed E-state index contributed by atoms with van der Waals surface area (Å²) in [7, 11) is 0. The molecule has 0 aliphatic carbocycles. The van der Waals surface area contributed by atoms with Crippen molar-refractivity contribution in [2.75, 3.05) is 13.2 Å². The highest BCUT2D eigenvalue weighted by atomic mass is 16.5. The van der Waals surface area contributed by atoms with Crippen LogP contribution < -0.4 is 5.32 Å². The number of rotatable bonds is 9. The summed E-state index contributed by atoms with van der Waals surface area (Å²) in [5.41, 5.74) is 2.60. The van der Waals surface area contributed by atoms with E-state index in [1.807, 2.05) is 0 Å². The van der Waals surface area contributed by atoms with Gasteiger partial charge in [0.25, 0.3) is 0 Å². The molecule has 0 spiro atoms. The fraction of sp³-hybridized carbons (Fsp3) is 0.684. The topological polar surface area (TPSA) is 21.3 Å². The normalized spacial score (nSPS) is 13.7. The Morgan fingerprint density at radius 3 is 1.86 bits per heavy atom. The molecule has 1 N–H and O–H groups in total. The lowest BCUT2D eigenvalue weighted by molar-refractivity contribution is -0.0730. The van der Waals surface area contributed by atoms with Gasteiger partial charge in [0, 0.05) is 6.61 Å². The molecule has 0 aliphatic rings. The van der Waals surface area contributed by atoms with Crippen LogP contribution in [0.3, 0.4) is 0 Å². The smallest absolute Gasteiger partial charge is 0.0870 e. The van der Waals surface area contributed by atoms with Crippen molar-refractivity contribution in [1.82, 2.24) is 5.32 Å². The number of nitrogens with one attached hydrogen (secondary N) is 1. The molecule has 0 saturated carbocycles. The Morgan fingerprint density at radius 1 is 0.952 bits per heavy atom. The van der Waals surface area contributed by atoms with Crippen molar-refractivity contribution in [3.63, 3.8) is 0 Å². The third-order valence-corrected chi connectivity index (χ3v) is 4.50. The fourth-order valence-corrected chi connectivity index (χ4v) is 3.12. The first kappa shape index (κ1) is 18.2. The molecule has 1 atom stereocenters. The summed E-state index contributed by atoms with van der Waals surface area (Å²) in [6, 6.07) is 9.29. The van der Waals surface area contributed by atoms with Crippen LogP contribution in [0.4, 0.5) is 0 Å². The Balaban J connectivity index is 3.14. The van der Waals surface area contributed by atoms with Crippen molar-refractivity contribution in [3.05, 3.63) is 35.4 Å². The highest BCUT2D eigenvalue weighted by Crippen LogP contribution is 2.36. The molecule has 0 bridgehead atoms. The van der Waals surface area contributed by atoms with Gasteiger partial charge in [0.05, 0.1) is 11.6 Å². The van der Waals surface area contributed by atoms with E-state index in [1.54, 1.807) is 0 Å². The van der Waals surface area contributed by atoms with Gasteiger partial charge in [-0.15, -0.1) is 0 Å². The first-order valence-corrected chi connectivity index (χ1v) is 8.51. The lowest BCUT2D eigenvalue weighted by Gasteiger charge is -2.40. The van der Waals surface area contributed by atoms with E-state index in [2.05, 4.69) is 71.1 Å². The Hall–Kier alpha value is -0.860. The second-order valence-corrected chi connectivity index (χ2v) is 6.02. The molecular weight excluding hydrogens is 258 g/mol. The fourth-order valence-electron chi connectivity index (χ4n) is 3.12. The number of likely N-dealkylation sites (N-methyl/N-ethyl adjacent to an activating group) is 1. The molecule has 0 aromatic heterocycles. The summed E-state index contributed by atoms with van der Waals surface area (Å²) >= 11 is 0. The van der Waals surface area contributed by atoms with Crippen LogP contribution in [0.15, 0.2) is 24.3 Å². The highest BCUT2D eigenvalue weighted by molar-refractivity contribution is 5.28. The molecule has 0 saturated heterocycles. The maximum Gasteiger partial charge on any atom is 0.0870 e. The van der Waals surface area contributed by atoms with Gasteiger partial charge in [-0.1, -0.05) is 58.9 Å². The van der Waals surface area contributed by atoms with Gasteiger partial charge in [0.1, 0.15) is 0 Å². The zero-order chi connectivity index (χ0) is 15.9. The third-order valence-electron chi connectivity index (χ3n) is 4.50. The van der Waals surface area contributed by atoms with Crippen molar-refractivity contribution in [1.29, 1.82) is 0 Å². The Labute approximate surface area is 131 Å². The van der Waals surface area contributed by atoms with Crippen LogP contribution in [0.25, 0.3) is 0 Å². The van der Waals surface area contributed by atoms with Gasteiger partial charge >= 0.3 is 0 Å². The second kappa shape index (κ2) is 8.55. The maximum atomic E-state index is 6.21. The van der Waals surface area contributed by atoms with Crippen LogP contribution in [0.1, 0.15) is 77.5 Å². The highest BCUT2D eigenvalue weighted by Gasteiger charge is 2.37. The van der Waals surface area contributed by atoms with Gasteiger partial charge in [0.15, 0.2) is 0 Å². The summed E-state index contributed by atoms with van der Waals surface area (Å²) in [4.78, 5) is 0. The Morgan fingerprint density at radius 2 is 1.48 bits per heavy atom. The van der Waals surface area contributed by atoms with E-state index < -0.39 is 0 Å². The largest absolute Gasteiger partial charge is 0.373 e. The number of ether oxygens (including phenoxy) is 1. The molecule has 2 heteroatoms. The summed E-state index contributed by atoms with van der Waals surface area (Å²) in [5.74, 6) is 0.575. The van der Waals surface area contributed by atoms with E-state index >= 15 is 0 Å². The van der Waals surface area contributed by atoms with E-state index in [4.69, 9.17) is 4.74 Å². The molecule has 120 valence electrons. The van der Waals surface area contributed by atoms with Gasteiger partial charge in [-0.25, -0.2) is 0 Å². The molecule has 0 heterocycles. The molecule has 1 aromatic rings. The van der Waals surface area contributed by atoms with Gasteiger partial charge in [-0.05, 0) is 43.4 Å². The number of hydrogen-bond donors (Lipinski definition) is 1. The molecule has 0 amide bonds. The molecule has 1 aromatic carbocycles. The lowest BCUT2D eigenvalue weighted by Crippen LogP contribution is -2.45. The van der Waals surface area contributed by atoms with Crippen LogP contribution in [-0.4, -0.2) is 18.8 Å². The standard InChI is InChI=1S/C19H33NO/c1-7-19(8-2,21-10-4)18(20-9-3)17-13-11-16(12-14-17)15(5)6/h11-15,18,20H,7-10H2,1-6H3. The van der Waals surface area contributed by atoms with Gasteiger partial charge < -0.3 is 10.1 Å². The van der Waals surface area contributed by atoms with Crippen molar-refractivity contribution < 1.29 is 4.74 Å². The quantitative estimate of drug-likeness (QED) is 0.687. The molecule has 0 fully saturated rings. The average Bonchev–Trinajstić information content (AvgIpc) is 2.51. The van der Waals surface area contributed by atoms with Crippen LogP contribution in [-0.2, 0) is 4.74 Å². The molecule has 1 rings (SSSR count). The summed E-state index contributed by atoms with van der Waals surface area (Å²) < 4.78 is 6.21. The monoisotopic (exact) mass is 291 g/mol. The Kier molecular flexibility index (Phi) is 7.41. The predicted molar refractivity (Wildman–Crippen MR) is 91.9 cm³/mol. The minimum Gasteiger partial charge on any atom is -0.373 e. The van der Waals surface area contributed by atoms with E-state index in [0.29, 0.717) is 5.92 Å². The SMILES string of the molecule is CCNC(c1ccc(C(C)C)cc1)C(CC)(CC)OCC. The minimum atomic E-state index is -0.121. The van der Waals surface area contributed by atoms with Gasteiger partial charge in [-0.3, -0.25) is 0 Å². The van der Waals surface area contributed by atoms with Crippen LogP contribution in [0, 0.1) is 0 Å². The molecule has 2 nitrogen and oxygen atoms in total. The predicted octanol–water partition coefficient (Wildman–Crippen LogP) is 5.06. The third kappa shape index (κ3) is 4.31. The van der Waals surface area contributed by atoms with E-state index in [9.17, 15) is 0 Å². The van der Waals surface area contributed by atoms with Crippen molar-refractivity contribution in [2.24, 2.45) is 0 Å². The van der Waals surface area contributed by atoms with Crippen LogP contribution in [0.5, 0.6) is 0 Å². The molecule has 0 aliphatic heterocycles.